The highest BCUT2D eigenvalue weighted by molar-refractivity contribution is 5.97. The lowest BCUT2D eigenvalue weighted by Gasteiger charge is -2.44. The first-order valence-electron chi connectivity index (χ1n) is 15.2. The predicted octanol–water partition coefficient (Wildman–Crippen LogP) is 6.11. The van der Waals surface area contributed by atoms with Crippen molar-refractivity contribution in [2.24, 2.45) is 5.92 Å². The van der Waals surface area contributed by atoms with Gasteiger partial charge < -0.3 is 14.5 Å². The van der Waals surface area contributed by atoms with E-state index < -0.39 is 0 Å². The van der Waals surface area contributed by atoms with Crippen LogP contribution in [-0.2, 0) is 4.74 Å². The maximum Gasteiger partial charge on any atom is 0.410 e. The second kappa shape index (κ2) is 11.8. The number of likely N-dealkylation sites (tertiary alicyclic amines) is 2. The molecule has 1 atom stereocenters. The van der Waals surface area contributed by atoms with Crippen LogP contribution in [0.3, 0.4) is 0 Å². The van der Waals surface area contributed by atoms with Gasteiger partial charge >= 0.3 is 6.09 Å². The number of benzene rings is 1. The Hall–Kier alpha value is -2.34. The third-order valence-electron chi connectivity index (χ3n) is 9.64. The quantitative estimate of drug-likeness (QED) is 0.424. The predicted molar refractivity (Wildman–Crippen MR) is 151 cm³/mol. The number of unbranched alkanes of at least 4 members (excludes halogenated alkanes) is 1. The summed E-state index contributed by atoms with van der Waals surface area (Å²) in [6, 6.07) is 6.60. The van der Waals surface area contributed by atoms with Crippen LogP contribution in [0.1, 0.15) is 92.6 Å². The Labute approximate surface area is 229 Å². The highest BCUT2D eigenvalue weighted by atomic mass is 16.6. The Balaban J connectivity index is 1.11. The molecule has 4 fully saturated rings. The van der Waals surface area contributed by atoms with E-state index in [1.165, 1.54) is 32.1 Å². The van der Waals surface area contributed by atoms with Crippen LogP contribution in [0, 0.1) is 19.8 Å². The average molecular weight is 522 g/mol. The SMILES string of the molecule is CCC/C=C1/CCCCC1CN1CC2(CCN(C3CCN(C(=O)c4c(C)cccc4C)CC3)CC2)OC1=O. The molecule has 4 aliphatic rings. The lowest BCUT2D eigenvalue weighted by atomic mass is 9.83. The second-order valence-electron chi connectivity index (χ2n) is 12.3. The molecule has 6 heteroatoms. The number of rotatable bonds is 6. The molecular formula is C32H47N3O3. The van der Waals surface area contributed by atoms with E-state index in [4.69, 9.17) is 4.74 Å². The van der Waals surface area contributed by atoms with Crippen molar-refractivity contribution in [2.45, 2.75) is 96.6 Å². The molecule has 3 heterocycles. The smallest absolute Gasteiger partial charge is 0.410 e. The molecule has 0 aromatic heterocycles. The molecular weight excluding hydrogens is 474 g/mol. The molecule has 0 radical (unpaired) electrons. The number of carbonyl (C=O) groups excluding carboxylic acids is 2. The molecule has 208 valence electrons. The van der Waals surface area contributed by atoms with Crippen LogP contribution in [0.25, 0.3) is 0 Å². The monoisotopic (exact) mass is 521 g/mol. The third-order valence-corrected chi connectivity index (χ3v) is 9.64. The lowest BCUT2D eigenvalue weighted by molar-refractivity contribution is -0.0174. The van der Waals surface area contributed by atoms with Crippen molar-refractivity contribution in [2.75, 3.05) is 39.3 Å². The first-order chi connectivity index (χ1) is 18.4. The van der Waals surface area contributed by atoms with Gasteiger partial charge in [-0.2, -0.15) is 0 Å². The molecule has 1 aromatic rings. The van der Waals surface area contributed by atoms with Gasteiger partial charge in [-0.25, -0.2) is 4.79 Å². The van der Waals surface area contributed by atoms with Crippen molar-refractivity contribution < 1.29 is 14.3 Å². The van der Waals surface area contributed by atoms with E-state index in [9.17, 15) is 9.59 Å². The van der Waals surface area contributed by atoms with Crippen LogP contribution in [0.15, 0.2) is 29.8 Å². The Bertz CT molecular complexity index is 1010. The average Bonchev–Trinajstić information content (AvgIpc) is 3.22. The fourth-order valence-corrected chi connectivity index (χ4v) is 7.32. The third kappa shape index (κ3) is 5.80. The summed E-state index contributed by atoms with van der Waals surface area (Å²) in [6.07, 6.45) is 13.5. The molecule has 5 rings (SSSR count). The van der Waals surface area contributed by atoms with Crippen molar-refractivity contribution >= 4 is 12.0 Å². The number of carbonyl (C=O) groups is 2. The Morgan fingerprint density at radius 1 is 1.05 bits per heavy atom. The molecule has 3 saturated heterocycles. The summed E-state index contributed by atoms with van der Waals surface area (Å²) in [5.41, 5.74) is 4.27. The fourth-order valence-electron chi connectivity index (χ4n) is 7.32. The van der Waals surface area contributed by atoms with Gasteiger partial charge in [0.05, 0.1) is 6.54 Å². The zero-order chi connectivity index (χ0) is 26.7. The molecule has 3 aliphatic heterocycles. The lowest BCUT2D eigenvalue weighted by Crippen LogP contribution is -2.53. The standard InChI is InChI=1S/C32H47N3O3/c1-4-5-11-26-12-6-7-13-27(26)22-35-23-32(38-31(35)37)16-20-33(21-17-32)28-14-18-34(19-15-28)30(36)29-24(2)9-8-10-25(29)3/h8-11,27-28H,4-7,12-23H2,1-3H3/b26-11-. The van der Waals surface area contributed by atoms with Gasteiger partial charge in [-0.1, -0.05) is 49.6 Å². The molecule has 2 amide bonds. The van der Waals surface area contributed by atoms with Crippen molar-refractivity contribution in [1.82, 2.24) is 14.7 Å². The van der Waals surface area contributed by atoms with Crippen LogP contribution in [0.4, 0.5) is 4.79 Å². The minimum absolute atomic E-state index is 0.0998. The molecule has 1 aliphatic carbocycles. The fraction of sp³-hybridized carbons (Fsp3) is 0.688. The second-order valence-corrected chi connectivity index (χ2v) is 12.3. The molecule has 1 aromatic carbocycles. The zero-order valence-electron chi connectivity index (χ0n) is 23.8. The normalized spacial score (nSPS) is 25.8. The zero-order valence-corrected chi connectivity index (χ0v) is 23.8. The maximum absolute atomic E-state index is 13.2. The van der Waals surface area contributed by atoms with E-state index in [1.54, 1.807) is 5.57 Å². The summed E-state index contributed by atoms with van der Waals surface area (Å²) in [5, 5.41) is 0. The summed E-state index contributed by atoms with van der Waals surface area (Å²) in [7, 11) is 0. The topological polar surface area (TPSA) is 53.1 Å². The number of allylic oxidation sites excluding steroid dienone is 1. The van der Waals surface area contributed by atoms with Crippen LogP contribution < -0.4 is 0 Å². The summed E-state index contributed by atoms with van der Waals surface area (Å²) in [6.45, 7) is 11.5. The molecule has 38 heavy (non-hydrogen) atoms. The highest BCUT2D eigenvalue weighted by Crippen LogP contribution is 2.37. The number of aryl methyl sites for hydroxylation is 2. The van der Waals surface area contributed by atoms with Crippen LogP contribution in [0.2, 0.25) is 0 Å². The first-order valence-corrected chi connectivity index (χ1v) is 15.2. The molecule has 0 bridgehead atoms. The molecule has 1 saturated carbocycles. The Morgan fingerprint density at radius 2 is 1.76 bits per heavy atom. The summed E-state index contributed by atoms with van der Waals surface area (Å²) in [4.78, 5) is 32.8. The van der Waals surface area contributed by atoms with Crippen molar-refractivity contribution in [3.63, 3.8) is 0 Å². The van der Waals surface area contributed by atoms with Gasteiger partial charge in [0.1, 0.15) is 5.60 Å². The van der Waals surface area contributed by atoms with E-state index in [1.807, 2.05) is 41.8 Å². The molecule has 0 N–H and O–H groups in total. The number of hydrogen-bond acceptors (Lipinski definition) is 4. The number of amides is 2. The van der Waals surface area contributed by atoms with Crippen molar-refractivity contribution in [1.29, 1.82) is 0 Å². The number of ether oxygens (including phenoxy) is 1. The van der Waals surface area contributed by atoms with E-state index in [0.717, 1.165) is 88.1 Å². The van der Waals surface area contributed by atoms with Gasteiger partial charge in [0, 0.05) is 57.2 Å². The number of hydrogen-bond donors (Lipinski definition) is 0. The van der Waals surface area contributed by atoms with Crippen molar-refractivity contribution in [3.05, 3.63) is 46.5 Å². The molecule has 1 unspecified atom stereocenters. The molecule has 1 spiro atoms. The first kappa shape index (κ1) is 27.2. The number of piperidine rings is 2. The van der Waals surface area contributed by atoms with E-state index >= 15 is 0 Å². The minimum Gasteiger partial charge on any atom is -0.441 e. The summed E-state index contributed by atoms with van der Waals surface area (Å²) < 4.78 is 6.10. The van der Waals surface area contributed by atoms with Crippen LogP contribution >= 0.6 is 0 Å². The van der Waals surface area contributed by atoms with Crippen molar-refractivity contribution in [3.8, 4) is 0 Å². The summed E-state index contributed by atoms with van der Waals surface area (Å²) in [5.74, 6) is 0.690. The van der Waals surface area contributed by atoms with Crippen LogP contribution in [0.5, 0.6) is 0 Å². The summed E-state index contributed by atoms with van der Waals surface area (Å²) >= 11 is 0. The van der Waals surface area contributed by atoms with E-state index in [-0.39, 0.29) is 17.6 Å². The van der Waals surface area contributed by atoms with Gasteiger partial charge in [-0.3, -0.25) is 9.69 Å². The Kier molecular flexibility index (Phi) is 8.47. The maximum atomic E-state index is 13.2. The minimum atomic E-state index is -0.311. The van der Waals surface area contributed by atoms with Crippen LogP contribution in [-0.4, -0.2) is 77.6 Å². The van der Waals surface area contributed by atoms with Gasteiger partial charge in [-0.15, -0.1) is 0 Å². The van der Waals surface area contributed by atoms with E-state index in [2.05, 4.69) is 17.9 Å². The van der Waals surface area contributed by atoms with E-state index in [0.29, 0.717) is 12.0 Å². The molecule has 6 nitrogen and oxygen atoms in total. The van der Waals surface area contributed by atoms with Gasteiger partial charge in [-0.05, 0) is 69.4 Å². The highest BCUT2D eigenvalue weighted by Gasteiger charge is 2.48. The Morgan fingerprint density at radius 3 is 2.45 bits per heavy atom. The number of nitrogens with zero attached hydrogens (tertiary/aromatic N) is 3. The van der Waals surface area contributed by atoms with Gasteiger partial charge in [0.25, 0.3) is 5.91 Å². The van der Waals surface area contributed by atoms with Gasteiger partial charge in [0.2, 0.25) is 0 Å². The largest absolute Gasteiger partial charge is 0.441 e. The van der Waals surface area contributed by atoms with Gasteiger partial charge in [0.15, 0.2) is 0 Å².